The molecule has 3 N–H and O–H groups in total. The lowest BCUT2D eigenvalue weighted by Gasteiger charge is -2.03. The van der Waals surface area contributed by atoms with Gasteiger partial charge in [0.1, 0.15) is 0 Å². The Morgan fingerprint density at radius 2 is 2.05 bits per heavy atom. The summed E-state index contributed by atoms with van der Waals surface area (Å²) in [5.74, 6) is -0.328. The Balaban J connectivity index is 2.05. The number of hydrogen-bond donors (Lipinski definition) is 2. The molecule has 0 unspecified atom stereocenters. The number of rotatable bonds is 3. The SMILES string of the molecule is Cc1ccc(/C=N/NC(=O)c2ccccc2N)cc1Br. The van der Waals surface area contributed by atoms with Crippen LogP contribution in [0.2, 0.25) is 0 Å². The average Bonchev–Trinajstić information content (AvgIpc) is 2.43. The monoisotopic (exact) mass is 331 g/mol. The van der Waals surface area contributed by atoms with Crippen LogP contribution >= 0.6 is 15.9 Å². The van der Waals surface area contributed by atoms with Gasteiger partial charge in [-0.3, -0.25) is 4.79 Å². The molecule has 0 atom stereocenters. The third-order valence-corrected chi connectivity index (χ3v) is 3.64. The van der Waals surface area contributed by atoms with Gasteiger partial charge in [-0.1, -0.05) is 40.2 Å². The second-order valence-corrected chi connectivity index (χ2v) is 5.15. The molecule has 2 aromatic rings. The number of hydrazone groups is 1. The fourth-order valence-electron chi connectivity index (χ4n) is 1.62. The van der Waals surface area contributed by atoms with E-state index in [4.69, 9.17) is 5.73 Å². The van der Waals surface area contributed by atoms with Crippen LogP contribution in [0.25, 0.3) is 0 Å². The standard InChI is InChI=1S/C15H14BrN3O/c1-10-6-7-11(8-13(10)16)9-18-19-15(20)12-4-2-3-5-14(12)17/h2-9H,17H2,1H3,(H,19,20)/b18-9+. The number of anilines is 1. The Labute approximate surface area is 125 Å². The minimum atomic E-state index is -0.328. The first-order valence-electron chi connectivity index (χ1n) is 6.02. The number of para-hydroxylation sites is 1. The lowest BCUT2D eigenvalue weighted by atomic mass is 10.2. The van der Waals surface area contributed by atoms with Gasteiger partial charge in [-0.2, -0.15) is 5.10 Å². The highest BCUT2D eigenvalue weighted by Gasteiger charge is 2.06. The minimum absolute atomic E-state index is 0.328. The normalized spacial score (nSPS) is 10.7. The Morgan fingerprint density at radius 1 is 1.30 bits per heavy atom. The molecule has 0 aliphatic rings. The van der Waals surface area contributed by atoms with Crippen molar-refractivity contribution in [3.63, 3.8) is 0 Å². The first-order chi connectivity index (χ1) is 9.58. The van der Waals surface area contributed by atoms with Crippen molar-refractivity contribution in [3.05, 3.63) is 63.6 Å². The molecule has 1 amide bonds. The van der Waals surface area contributed by atoms with Gasteiger partial charge in [0.2, 0.25) is 0 Å². The predicted molar refractivity (Wildman–Crippen MR) is 84.8 cm³/mol. The van der Waals surface area contributed by atoms with Crippen LogP contribution in [-0.2, 0) is 0 Å². The minimum Gasteiger partial charge on any atom is -0.398 e. The van der Waals surface area contributed by atoms with E-state index in [9.17, 15) is 4.79 Å². The molecule has 20 heavy (non-hydrogen) atoms. The molecule has 2 aromatic carbocycles. The second kappa shape index (κ2) is 6.34. The van der Waals surface area contributed by atoms with E-state index in [1.165, 1.54) is 0 Å². The van der Waals surface area contributed by atoms with Crippen LogP contribution in [0.4, 0.5) is 5.69 Å². The van der Waals surface area contributed by atoms with Crippen LogP contribution in [0.3, 0.4) is 0 Å². The highest BCUT2D eigenvalue weighted by atomic mass is 79.9. The fourth-order valence-corrected chi connectivity index (χ4v) is 2.02. The van der Waals surface area contributed by atoms with Gasteiger partial charge in [0.15, 0.2) is 0 Å². The van der Waals surface area contributed by atoms with E-state index in [2.05, 4.69) is 26.5 Å². The maximum absolute atomic E-state index is 11.9. The number of carbonyl (C=O) groups excluding carboxylic acids is 1. The number of nitrogens with zero attached hydrogens (tertiary/aromatic N) is 1. The highest BCUT2D eigenvalue weighted by molar-refractivity contribution is 9.10. The lowest BCUT2D eigenvalue weighted by molar-refractivity contribution is 0.0956. The number of aryl methyl sites for hydroxylation is 1. The van der Waals surface area contributed by atoms with Gasteiger partial charge in [-0.15, -0.1) is 0 Å². The molecular formula is C15H14BrN3O. The van der Waals surface area contributed by atoms with Crippen molar-refractivity contribution in [1.29, 1.82) is 0 Å². The van der Waals surface area contributed by atoms with Crippen LogP contribution in [-0.4, -0.2) is 12.1 Å². The van der Waals surface area contributed by atoms with Gasteiger partial charge in [0, 0.05) is 10.2 Å². The van der Waals surface area contributed by atoms with Gasteiger partial charge >= 0.3 is 0 Å². The zero-order valence-corrected chi connectivity index (χ0v) is 12.5. The summed E-state index contributed by atoms with van der Waals surface area (Å²) in [5, 5.41) is 3.93. The number of halogens is 1. The molecule has 2 rings (SSSR count). The van der Waals surface area contributed by atoms with E-state index in [1.54, 1.807) is 30.5 Å². The molecule has 0 aliphatic heterocycles. The summed E-state index contributed by atoms with van der Waals surface area (Å²) in [6.45, 7) is 2.00. The maximum atomic E-state index is 11.9. The molecule has 0 heterocycles. The molecule has 0 spiro atoms. The van der Waals surface area contributed by atoms with E-state index >= 15 is 0 Å². The van der Waals surface area contributed by atoms with Crippen molar-refractivity contribution in [2.75, 3.05) is 5.73 Å². The van der Waals surface area contributed by atoms with E-state index in [1.807, 2.05) is 25.1 Å². The smallest absolute Gasteiger partial charge is 0.273 e. The van der Waals surface area contributed by atoms with Crippen LogP contribution in [0.15, 0.2) is 52.0 Å². The quantitative estimate of drug-likeness (QED) is 0.515. The molecule has 102 valence electrons. The van der Waals surface area contributed by atoms with E-state index < -0.39 is 0 Å². The molecule has 0 aromatic heterocycles. The topological polar surface area (TPSA) is 67.5 Å². The molecular weight excluding hydrogens is 318 g/mol. The van der Waals surface area contributed by atoms with Crippen LogP contribution in [0, 0.1) is 6.92 Å². The summed E-state index contributed by atoms with van der Waals surface area (Å²) in [7, 11) is 0. The van der Waals surface area contributed by atoms with Crippen molar-refractivity contribution in [3.8, 4) is 0 Å². The molecule has 5 heteroatoms. The summed E-state index contributed by atoms with van der Waals surface area (Å²) in [6, 6.07) is 12.7. The number of carbonyl (C=O) groups is 1. The number of nitrogens with two attached hydrogens (primary N) is 1. The van der Waals surface area contributed by atoms with Crippen molar-refractivity contribution >= 4 is 33.7 Å². The van der Waals surface area contributed by atoms with Gasteiger partial charge < -0.3 is 5.73 Å². The van der Waals surface area contributed by atoms with Crippen LogP contribution in [0.5, 0.6) is 0 Å². The molecule has 0 aliphatic carbocycles. The lowest BCUT2D eigenvalue weighted by Crippen LogP contribution is -2.18. The van der Waals surface area contributed by atoms with E-state index in [0.29, 0.717) is 11.3 Å². The van der Waals surface area contributed by atoms with E-state index in [0.717, 1.165) is 15.6 Å². The van der Waals surface area contributed by atoms with Crippen molar-refractivity contribution < 1.29 is 4.79 Å². The zero-order valence-electron chi connectivity index (χ0n) is 10.9. The summed E-state index contributed by atoms with van der Waals surface area (Å²) in [6.07, 6.45) is 1.58. The van der Waals surface area contributed by atoms with Gasteiger partial charge in [-0.25, -0.2) is 5.43 Å². The number of hydrogen-bond acceptors (Lipinski definition) is 3. The molecule has 0 saturated carbocycles. The molecule has 0 bridgehead atoms. The maximum Gasteiger partial charge on any atom is 0.273 e. The van der Waals surface area contributed by atoms with Crippen molar-refractivity contribution in [2.24, 2.45) is 5.10 Å². The Hall–Kier alpha value is -2.14. The first-order valence-corrected chi connectivity index (χ1v) is 6.81. The van der Waals surface area contributed by atoms with Gasteiger partial charge in [0.25, 0.3) is 5.91 Å². The Kier molecular flexibility index (Phi) is 4.53. The number of benzene rings is 2. The number of nitrogen functional groups attached to an aromatic ring is 1. The molecule has 0 saturated heterocycles. The Bertz CT molecular complexity index is 668. The predicted octanol–water partition coefficient (Wildman–Crippen LogP) is 3.10. The highest BCUT2D eigenvalue weighted by Crippen LogP contribution is 2.16. The van der Waals surface area contributed by atoms with Crippen LogP contribution < -0.4 is 11.2 Å². The molecule has 0 fully saturated rings. The van der Waals surface area contributed by atoms with Gasteiger partial charge in [0.05, 0.1) is 11.8 Å². The van der Waals surface area contributed by atoms with Crippen LogP contribution in [0.1, 0.15) is 21.5 Å². The van der Waals surface area contributed by atoms with Gasteiger partial charge in [-0.05, 0) is 36.2 Å². The third-order valence-electron chi connectivity index (χ3n) is 2.78. The zero-order chi connectivity index (χ0) is 14.5. The molecule has 0 radical (unpaired) electrons. The second-order valence-electron chi connectivity index (χ2n) is 4.29. The molecule has 4 nitrogen and oxygen atoms in total. The Morgan fingerprint density at radius 3 is 2.75 bits per heavy atom. The van der Waals surface area contributed by atoms with E-state index in [-0.39, 0.29) is 5.91 Å². The summed E-state index contributed by atoms with van der Waals surface area (Å²) < 4.78 is 1.00. The summed E-state index contributed by atoms with van der Waals surface area (Å²) >= 11 is 3.45. The third kappa shape index (κ3) is 3.45. The summed E-state index contributed by atoms with van der Waals surface area (Å²) in [4.78, 5) is 11.9. The van der Waals surface area contributed by atoms with Crippen molar-refractivity contribution in [2.45, 2.75) is 6.92 Å². The number of nitrogens with one attached hydrogen (secondary N) is 1. The van der Waals surface area contributed by atoms with Crippen molar-refractivity contribution in [1.82, 2.24) is 5.43 Å². The fraction of sp³-hybridized carbons (Fsp3) is 0.0667. The first kappa shape index (κ1) is 14.3. The largest absolute Gasteiger partial charge is 0.398 e. The summed E-state index contributed by atoms with van der Waals surface area (Å²) in [5.41, 5.74) is 11.1. The average molecular weight is 332 g/mol. The number of amides is 1.